The average molecular weight is 198 g/mol. The van der Waals surface area contributed by atoms with Gasteiger partial charge in [-0.2, -0.15) is 0 Å². The first kappa shape index (κ1) is 11.1. The van der Waals surface area contributed by atoms with E-state index in [-0.39, 0.29) is 0 Å². The van der Waals surface area contributed by atoms with E-state index in [9.17, 15) is 0 Å². The van der Waals surface area contributed by atoms with Crippen LogP contribution < -0.4 is 11.6 Å². The fourth-order valence-corrected chi connectivity index (χ4v) is 2.05. The number of nitrogens with two attached hydrogens (primary N) is 2. The summed E-state index contributed by atoms with van der Waals surface area (Å²) < 4.78 is 0. The van der Waals surface area contributed by atoms with Gasteiger partial charge in [-0.3, -0.25) is 0 Å². The molecule has 0 aromatic carbocycles. The van der Waals surface area contributed by atoms with Crippen molar-refractivity contribution in [3.63, 3.8) is 0 Å². The van der Waals surface area contributed by atoms with Crippen LogP contribution in [-0.4, -0.2) is 23.9 Å². The standard InChI is InChI=1S/C10H22N4/c1-10(2)6-4-8(5-7-10)14(3)9(11)13-12/h8H,4-7,12H2,1-3H3,(H2,11,13). The van der Waals surface area contributed by atoms with Crippen LogP contribution in [0, 0.1) is 5.41 Å². The van der Waals surface area contributed by atoms with Crippen LogP contribution in [0.15, 0.2) is 5.10 Å². The van der Waals surface area contributed by atoms with E-state index in [4.69, 9.17) is 11.6 Å². The lowest BCUT2D eigenvalue weighted by Gasteiger charge is -2.38. The Morgan fingerprint density at radius 3 is 2.29 bits per heavy atom. The van der Waals surface area contributed by atoms with Crippen LogP contribution in [0.25, 0.3) is 0 Å². The summed E-state index contributed by atoms with van der Waals surface area (Å²) >= 11 is 0. The minimum Gasteiger partial charge on any atom is -0.368 e. The van der Waals surface area contributed by atoms with Gasteiger partial charge in [-0.1, -0.05) is 13.8 Å². The van der Waals surface area contributed by atoms with Crippen LogP contribution in [-0.2, 0) is 0 Å². The predicted molar refractivity (Wildman–Crippen MR) is 59.6 cm³/mol. The van der Waals surface area contributed by atoms with Crippen molar-refractivity contribution < 1.29 is 0 Å². The summed E-state index contributed by atoms with van der Waals surface area (Å²) in [6.07, 6.45) is 4.86. The Labute approximate surface area is 86.3 Å². The first-order chi connectivity index (χ1) is 6.46. The molecule has 0 aromatic heterocycles. The second-order valence-corrected chi connectivity index (χ2v) is 4.99. The van der Waals surface area contributed by atoms with Gasteiger partial charge in [-0.25, -0.2) is 0 Å². The molecule has 82 valence electrons. The summed E-state index contributed by atoms with van der Waals surface area (Å²) in [4.78, 5) is 2.00. The zero-order chi connectivity index (χ0) is 10.8. The van der Waals surface area contributed by atoms with E-state index in [1.165, 1.54) is 25.7 Å². The van der Waals surface area contributed by atoms with Crippen LogP contribution in [0.4, 0.5) is 0 Å². The van der Waals surface area contributed by atoms with Gasteiger partial charge in [0, 0.05) is 13.1 Å². The maximum atomic E-state index is 5.67. The molecule has 0 heterocycles. The average Bonchev–Trinajstić information content (AvgIpc) is 2.15. The SMILES string of the molecule is CN(C(N)=NN)C1CCC(C)(C)CC1. The van der Waals surface area contributed by atoms with Gasteiger partial charge in [0.05, 0.1) is 0 Å². The highest BCUT2D eigenvalue weighted by atomic mass is 15.3. The number of hydrogen-bond donors (Lipinski definition) is 2. The molecule has 0 aliphatic heterocycles. The van der Waals surface area contributed by atoms with Crippen molar-refractivity contribution in [1.29, 1.82) is 0 Å². The third-order valence-corrected chi connectivity index (χ3v) is 3.35. The van der Waals surface area contributed by atoms with E-state index >= 15 is 0 Å². The maximum Gasteiger partial charge on any atom is 0.213 e. The fourth-order valence-electron chi connectivity index (χ4n) is 2.05. The van der Waals surface area contributed by atoms with Crippen molar-refractivity contribution in [1.82, 2.24) is 4.90 Å². The highest BCUT2D eigenvalue weighted by molar-refractivity contribution is 5.77. The van der Waals surface area contributed by atoms with E-state index in [0.717, 1.165) is 0 Å². The molecule has 0 bridgehead atoms. The molecule has 0 unspecified atom stereocenters. The lowest BCUT2D eigenvalue weighted by molar-refractivity contribution is 0.168. The second-order valence-electron chi connectivity index (χ2n) is 4.99. The number of hydrazone groups is 1. The smallest absolute Gasteiger partial charge is 0.213 e. The summed E-state index contributed by atoms with van der Waals surface area (Å²) in [5.74, 6) is 5.59. The van der Waals surface area contributed by atoms with Gasteiger partial charge in [0.2, 0.25) is 5.96 Å². The molecule has 0 saturated heterocycles. The van der Waals surface area contributed by atoms with Crippen molar-refractivity contribution in [3.05, 3.63) is 0 Å². The quantitative estimate of drug-likeness (QED) is 0.287. The highest BCUT2D eigenvalue weighted by Crippen LogP contribution is 2.36. The normalized spacial score (nSPS) is 23.5. The molecule has 0 spiro atoms. The topological polar surface area (TPSA) is 67.6 Å². The van der Waals surface area contributed by atoms with E-state index in [1.807, 2.05) is 11.9 Å². The first-order valence-electron chi connectivity index (χ1n) is 5.22. The van der Waals surface area contributed by atoms with Crippen LogP contribution in [0.3, 0.4) is 0 Å². The third-order valence-electron chi connectivity index (χ3n) is 3.35. The first-order valence-corrected chi connectivity index (χ1v) is 5.22. The van der Waals surface area contributed by atoms with Gasteiger partial charge < -0.3 is 16.5 Å². The number of nitrogens with zero attached hydrogens (tertiary/aromatic N) is 2. The minimum absolute atomic E-state index is 0.440. The summed E-state index contributed by atoms with van der Waals surface area (Å²) in [7, 11) is 1.97. The van der Waals surface area contributed by atoms with Crippen LogP contribution in [0.5, 0.6) is 0 Å². The number of rotatable bonds is 1. The molecule has 4 nitrogen and oxygen atoms in total. The van der Waals surface area contributed by atoms with Gasteiger partial charge in [0.1, 0.15) is 0 Å². The zero-order valence-electron chi connectivity index (χ0n) is 9.45. The molecule has 1 aliphatic carbocycles. The van der Waals surface area contributed by atoms with Gasteiger partial charge in [-0.15, -0.1) is 5.10 Å². The van der Waals surface area contributed by atoms with E-state index in [1.54, 1.807) is 0 Å². The van der Waals surface area contributed by atoms with Crippen LogP contribution >= 0.6 is 0 Å². The Morgan fingerprint density at radius 1 is 1.36 bits per heavy atom. The molecule has 0 atom stereocenters. The maximum absolute atomic E-state index is 5.67. The Morgan fingerprint density at radius 2 is 1.86 bits per heavy atom. The monoisotopic (exact) mass is 198 g/mol. The van der Waals surface area contributed by atoms with Crippen LogP contribution in [0.1, 0.15) is 39.5 Å². The Balaban J connectivity index is 2.50. The molecule has 4 N–H and O–H groups in total. The third kappa shape index (κ3) is 2.53. The van der Waals surface area contributed by atoms with Gasteiger partial charge in [-0.05, 0) is 31.1 Å². The summed E-state index contributed by atoms with van der Waals surface area (Å²) in [6.45, 7) is 4.65. The number of guanidine groups is 1. The predicted octanol–water partition coefficient (Wildman–Crippen LogP) is 1.08. The van der Waals surface area contributed by atoms with Gasteiger partial charge >= 0.3 is 0 Å². The molecule has 1 aliphatic rings. The molecular weight excluding hydrogens is 176 g/mol. The van der Waals surface area contributed by atoms with Gasteiger partial charge in [0.15, 0.2) is 0 Å². The number of hydrogen-bond acceptors (Lipinski definition) is 2. The van der Waals surface area contributed by atoms with Crippen molar-refractivity contribution >= 4 is 5.96 Å². The summed E-state index contributed by atoms with van der Waals surface area (Å²) in [5.41, 5.74) is 6.16. The van der Waals surface area contributed by atoms with Crippen molar-refractivity contribution in [2.45, 2.75) is 45.6 Å². The van der Waals surface area contributed by atoms with E-state index < -0.39 is 0 Å². The second kappa shape index (κ2) is 4.07. The molecule has 0 amide bonds. The zero-order valence-corrected chi connectivity index (χ0v) is 9.45. The molecule has 1 fully saturated rings. The van der Waals surface area contributed by atoms with Crippen molar-refractivity contribution in [2.75, 3.05) is 7.05 Å². The molecule has 0 aromatic rings. The minimum atomic E-state index is 0.440. The van der Waals surface area contributed by atoms with E-state index in [0.29, 0.717) is 17.4 Å². The summed E-state index contributed by atoms with van der Waals surface area (Å²) in [5, 5.41) is 3.52. The van der Waals surface area contributed by atoms with Crippen molar-refractivity contribution in [3.8, 4) is 0 Å². The van der Waals surface area contributed by atoms with Gasteiger partial charge in [0.25, 0.3) is 0 Å². The van der Waals surface area contributed by atoms with E-state index in [2.05, 4.69) is 18.9 Å². The summed E-state index contributed by atoms with van der Waals surface area (Å²) in [6, 6.07) is 0.510. The molecule has 0 radical (unpaired) electrons. The lowest BCUT2D eigenvalue weighted by atomic mass is 9.75. The lowest BCUT2D eigenvalue weighted by Crippen LogP contribution is -2.44. The van der Waals surface area contributed by atoms with Crippen molar-refractivity contribution in [2.24, 2.45) is 22.1 Å². The fraction of sp³-hybridized carbons (Fsp3) is 0.900. The largest absolute Gasteiger partial charge is 0.368 e. The molecule has 1 rings (SSSR count). The molecule has 1 saturated carbocycles. The molecule has 14 heavy (non-hydrogen) atoms. The highest BCUT2D eigenvalue weighted by Gasteiger charge is 2.29. The Hall–Kier alpha value is -0.930. The molecule has 4 heteroatoms. The Kier molecular flexibility index (Phi) is 3.24. The molecular formula is C10H22N4. The Bertz CT molecular complexity index is 212. The van der Waals surface area contributed by atoms with Crippen LogP contribution in [0.2, 0.25) is 0 Å².